The number of rotatable bonds is 5. The van der Waals surface area contributed by atoms with Gasteiger partial charge in [-0.25, -0.2) is 0 Å². The molecule has 0 aliphatic rings. The zero-order valence-electron chi connectivity index (χ0n) is 14.6. The largest absolute Gasteiger partial charge is 0.331 e. The molecule has 0 spiro atoms. The van der Waals surface area contributed by atoms with Gasteiger partial charge < -0.3 is 5.32 Å². The van der Waals surface area contributed by atoms with Crippen LogP contribution in [0.25, 0.3) is 0 Å². The number of nitrogens with one attached hydrogen (secondary N) is 3. The fraction of sp³-hybridized carbons (Fsp3) is 0.263. The molecule has 0 fully saturated rings. The van der Waals surface area contributed by atoms with E-state index in [4.69, 9.17) is 12.2 Å². The Morgan fingerprint density at radius 1 is 1.08 bits per heavy atom. The van der Waals surface area contributed by atoms with Gasteiger partial charge in [-0.2, -0.15) is 0 Å². The molecule has 3 N–H and O–H groups in total. The highest BCUT2D eigenvalue weighted by Crippen LogP contribution is 2.21. The van der Waals surface area contributed by atoms with Gasteiger partial charge in [-0.05, 0) is 54.4 Å². The minimum absolute atomic E-state index is 0.132. The number of carbonyl (C=O) groups is 1. The van der Waals surface area contributed by atoms with Gasteiger partial charge in [0.1, 0.15) is 0 Å². The van der Waals surface area contributed by atoms with E-state index in [-0.39, 0.29) is 5.91 Å². The lowest BCUT2D eigenvalue weighted by molar-refractivity contribution is -0.119. The minimum atomic E-state index is -0.132. The highest BCUT2D eigenvalue weighted by Gasteiger charge is 2.05. The second kappa shape index (κ2) is 9.44. The van der Waals surface area contributed by atoms with Gasteiger partial charge in [0.2, 0.25) is 5.91 Å². The first-order chi connectivity index (χ1) is 12.0. The molecule has 0 atom stereocenters. The third-order valence-corrected chi connectivity index (χ3v) is 4.98. The van der Waals surface area contributed by atoms with Crippen LogP contribution in [0.3, 0.4) is 0 Å². The zero-order valence-corrected chi connectivity index (χ0v) is 16.3. The number of hydrogen-bond acceptors (Lipinski definition) is 3. The third kappa shape index (κ3) is 6.40. The number of hydrogen-bond donors (Lipinski definition) is 3. The molecule has 0 saturated carbocycles. The summed E-state index contributed by atoms with van der Waals surface area (Å²) in [4.78, 5) is 13.0. The molecule has 1 amide bonds. The van der Waals surface area contributed by atoms with Crippen molar-refractivity contribution in [1.82, 2.24) is 10.9 Å². The fourth-order valence-electron chi connectivity index (χ4n) is 2.14. The average molecular weight is 374 g/mol. The van der Waals surface area contributed by atoms with Gasteiger partial charge in [0.05, 0.1) is 5.75 Å². The summed E-state index contributed by atoms with van der Waals surface area (Å²) in [6.45, 7) is 6.33. The summed E-state index contributed by atoms with van der Waals surface area (Å²) in [5.41, 5.74) is 8.65. The third-order valence-electron chi connectivity index (χ3n) is 3.60. The van der Waals surface area contributed by atoms with Gasteiger partial charge in [0, 0.05) is 10.6 Å². The first-order valence-corrected chi connectivity index (χ1v) is 9.49. The number of thioether (sulfide) groups is 1. The molecule has 0 heterocycles. The molecule has 2 rings (SSSR count). The molecule has 0 unspecified atom stereocenters. The monoisotopic (exact) mass is 373 g/mol. The predicted octanol–water partition coefficient (Wildman–Crippen LogP) is 4.23. The number of carbonyl (C=O) groups excluding carboxylic acids is 1. The van der Waals surface area contributed by atoms with Crippen LogP contribution in [0.1, 0.15) is 30.9 Å². The summed E-state index contributed by atoms with van der Waals surface area (Å²) in [7, 11) is 0. The van der Waals surface area contributed by atoms with E-state index in [1.807, 2.05) is 43.3 Å². The summed E-state index contributed by atoms with van der Waals surface area (Å²) < 4.78 is 0. The first-order valence-electron chi connectivity index (χ1n) is 8.10. The Bertz CT molecular complexity index is 730. The Morgan fingerprint density at radius 3 is 2.40 bits per heavy atom. The van der Waals surface area contributed by atoms with E-state index in [0.717, 1.165) is 16.1 Å². The molecule has 132 valence electrons. The van der Waals surface area contributed by atoms with Gasteiger partial charge in [-0.15, -0.1) is 11.8 Å². The Labute approximate surface area is 158 Å². The van der Waals surface area contributed by atoms with E-state index in [1.165, 1.54) is 17.3 Å². The molecule has 6 heteroatoms. The fourth-order valence-corrected chi connectivity index (χ4v) is 3.14. The lowest BCUT2D eigenvalue weighted by Gasteiger charge is -2.13. The van der Waals surface area contributed by atoms with Crippen LogP contribution in [0.4, 0.5) is 5.69 Å². The quantitative estimate of drug-likeness (QED) is 0.416. The van der Waals surface area contributed by atoms with E-state index >= 15 is 0 Å². The molecule has 0 aliphatic carbocycles. The number of hydrazine groups is 1. The van der Waals surface area contributed by atoms with Crippen LogP contribution in [0.5, 0.6) is 0 Å². The number of aryl methyl sites for hydroxylation is 1. The Morgan fingerprint density at radius 2 is 1.76 bits per heavy atom. The van der Waals surface area contributed by atoms with Crippen molar-refractivity contribution in [3.05, 3.63) is 59.7 Å². The van der Waals surface area contributed by atoms with E-state index in [1.54, 1.807) is 0 Å². The van der Waals surface area contributed by atoms with Crippen molar-refractivity contribution in [3.63, 3.8) is 0 Å². The Kier molecular flexibility index (Phi) is 7.28. The maximum absolute atomic E-state index is 11.9. The highest BCUT2D eigenvalue weighted by molar-refractivity contribution is 8.00. The van der Waals surface area contributed by atoms with Crippen molar-refractivity contribution in [3.8, 4) is 0 Å². The van der Waals surface area contributed by atoms with Crippen LogP contribution >= 0.6 is 24.0 Å². The standard InChI is InChI=1S/C19H23N3OS2/c1-13(2)15-8-10-16(11-9-15)20-19(24)22-21-18(23)12-25-17-7-5-4-6-14(17)3/h4-11,13H,12H2,1-3H3,(H,21,23)(H2,20,22,24). The molecule has 0 radical (unpaired) electrons. The number of amides is 1. The van der Waals surface area contributed by atoms with E-state index in [9.17, 15) is 4.79 Å². The maximum atomic E-state index is 11.9. The highest BCUT2D eigenvalue weighted by atomic mass is 32.2. The van der Waals surface area contributed by atoms with Gasteiger partial charge in [0.15, 0.2) is 5.11 Å². The number of thiocarbonyl (C=S) groups is 1. The molecular weight excluding hydrogens is 350 g/mol. The van der Waals surface area contributed by atoms with Crippen molar-refractivity contribution >= 4 is 40.7 Å². The smallest absolute Gasteiger partial charge is 0.248 e. The van der Waals surface area contributed by atoms with Crippen molar-refractivity contribution in [2.24, 2.45) is 0 Å². The van der Waals surface area contributed by atoms with Crippen LogP contribution in [-0.2, 0) is 4.79 Å². The molecule has 0 bridgehead atoms. The molecule has 2 aromatic carbocycles. The SMILES string of the molecule is Cc1ccccc1SCC(=O)NNC(=S)Nc1ccc(C(C)C)cc1. The van der Waals surface area contributed by atoms with Crippen molar-refractivity contribution < 1.29 is 4.79 Å². The van der Waals surface area contributed by atoms with Crippen LogP contribution in [-0.4, -0.2) is 16.8 Å². The van der Waals surface area contributed by atoms with Gasteiger partial charge in [0.25, 0.3) is 0 Å². The van der Waals surface area contributed by atoms with E-state index in [0.29, 0.717) is 16.8 Å². The summed E-state index contributed by atoms with van der Waals surface area (Å²) >= 11 is 6.69. The van der Waals surface area contributed by atoms with Crippen LogP contribution in [0.15, 0.2) is 53.4 Å². The second-order valence-electron chi connectivity index (χ2n) is 5.96. The van der Waals surface area contributed by atoms with Crippen LogP contribution < -0.4 is 16.2 Å². The summed E-state index contributed by atoms with van der Waals surface area (Å²) in [6, 6.07) is 16.1. The zero-order chi connectivity index (χ0) is 18.2. The second-order valence-corrected chi connectivity index (χ2v) is 7.38. The lowest BCUT2D eigenvalue weighted by atomic mass is 10.0. The van der Waals surface area contributed by atoms with E-state index in [2.05, 4.69) is 42.1 Å². The molecule has 0 aromatic heterocycles. The average Bonchev–Trinajstić information content (AvgIpc) is 2.59. The maximum Gasteiger partial charge on any atom is 0.248 e. The minimum Gasteiger partial charge on any atom is -0.331 e. The molecule has 2 aromatic rings. The molecular formula is C19H23N3OS2. The summed E-state index contributed by atoms with van der Waals surface area (Å²) in [6.07, 6.45) is 0. The van der Waals surface area contributed by atoms with Crippen molar-refractivity contribution in [2.45, 2.75) is 31.6 Å². The molecule has 0 saturated heterocycles. The predicted molar refractivity (Wildman–Crippen MR) is 110 cm³/mol. The summed E-state index contributed by atoms with van der Waals surface area (Å²) in [5, 5.41) is 3.40. The Balaban J connectivity index is 1.74. The van der Waals surface area contributed by atoms with Crippen LogP contribution in [0.2, 0.25) is 0 Å². The van der Waals surface area contributed by atoms with Gasteiger partial charge >= 0.3 is 0 Å². The number of benzene rings is 2. The normalized spacial score (nSPS) is 10.4. The van der Waals surface area contributed by atoms with Gasteiger partial charge in [-0.3, -0.25) is 15.6 Å². The molecule has 4 nitrogen and oxygen atoms in total. The van der Waals surface area contributed by atoms with Crippen molar-refractivity contribution in [2.75, 3.05) is 11.1 Å². The molecule has 25 heavy (non-hydrogen) atoms. The first kappa shape index (κ1) is 19.3. The van der Waals surface area contributed by atoms with E-state index < -0.39 is 0 Å². The lowest BCUT2D eigenvalue weighted by Crippen LogP contribution is -2.44. The Hall–Kier alpha value is -2.05. The van der Waals surface area contributed by atoms with Crippen molar-refractivity contribution in [1.29, 1.82) is 0 Å². The summed E-state index contributed by atoms with van der Waals surface area (Å²) in [5.74, 6) is 0.681. The van der Waals surface area contributed by atoms with Crippen LogP contribution in [0, 0.1) is 6.92 Å². The number of anilines is 1. The topological polar surface area (TPSA) is 53.2 Å². The van der Waals surface area contributed by atoms with Gasteiger partial charge in [-0.1, -0.05) is 44.2 Å². The molecule has 0 aliphatic heterocycles.